The van der Waals surface area contributed by atoms with Crippen molar-refractivity contribution in [3.8, 4) is 0 Å². The minimum Gasteiger partial charge on any atom is -0.461 e. The van der Waals surface area contributed by atoms with E-state index in [2.05, 4.69) is 5.10 Å². The van der Waals surface area contributed by atoms with Crippen molar-refractivity contribution in [1.82, 2.24) is 5.10 Å². The average molecular weight is 169 g/mol. The summed E-state index contributed by atoms with van der Waals surface area (Å²) in [6.07, 6.45) is 0. The van der Waals surface area contributed by atoms with Crippen molar-refractivity contribution in [3.63, 3.8) is 0 Å². The first kappa shape index (κ1) is 8.77. The molecule has 0 aliphatic rings. The lowest BCUT2D eigenvalue weighted by Gasteiger charge is -1.94. The fourth-order valence-corrected chi connectivity index (χ4v) is 0.920. The van der Waals surface area contributed by atoms with Gasteiger partial charge in [-0.25, -0.2) is 4.79 Å². The van der Waals surface area contributed by atoms with Crippen molar-refractivity contribution in [2.24, 2.45) is 7.05 Å². The molecule has 1 aromatic heterocycles. The Morgan fingerprint density at radius 3 is 2.83 bits per heavy atom. The molecule has 66 valence electrons. The molecule has 0 fully saturated rings. The molecule has 4 nitrogen and oxygen atoms in total. The third-order valence-electron chi connectivity index (χ3n) is 1.67. The van der Waals surface area contributed by atoms with Gasteiger partial charge in [0.05, 0.1) is 6.61 Å². The number of esters is 1. The van der Waals surface area contributed by atoms with E-state index in [9.17, 15) is 4.79 Å². The summed E-state index contributed by atoms with van der Waals surface area (Å²) in [5.74, 6) is -0.304. The Balaban J connectivity index is 2.82. The first-order chi connectivity index (χ1) is 5.65. The smallest absolute Gasteiger partial charge is 0.360 e. The Labute approximate surface area is 71.1 Å². The molecule has 0 saturated heterocycles. The molecule has 0 aliphatic carbocycles. The summed E-state index contributed by atoms with van der Waals surface area (Å²) in [6.45, 7) is 4.10. The number of hydrogen-bond acceptors (Lipinski definition) is 2. The van der Waals surface area contributed by atoms with Crippen LogP contribution in [0.5, 0.6) is 0 Å². The Hall–Kier alpha value is -1.32. The molecule has 12 heavy (non-hydrogen) atoms. The molecule has 1 N–H and O–H groups in total. The van der Waals surface area contributed by atoms with Gasteiger partial charge in [0.2, 0.25) is 5.69 Å². The quantitative estimate of drug-likeness (QED) is 0.512. The third kappa shape index (κ3) is 1.64. The van der Waals surface area contributed by atoms with Crippen molar-refractivity contribution < 1.29 is 14.2 Å². The number of hydrogen-bond donors (Lipinski definition) is 1. The largest absolute Gasteiger partial charge is 0.461 e. The van der Waals surface area contributed by atoms with E-state index in [1.54, 1.807) is 17.7 Å². The van der Waals surface area contributed by atoms with E-state index in [0.717, 1.165) is 5.69 Å². The maximum absolute atomic E-state index is 11.1. The lowest BCUT2D eigenvalue weighted by molar-refractivity contribution is -0.732. The number of rotatable bonds is 2. The minimum absolute atomic E-state index is 0.304. The number of carbonyl (C=O) groups excluding carboxylic acids is 1. The van der Waals surface area contributed by atoms with Gasteiger partial charge >= 0.3 is 5.97 Å². The number of aromatic nitrogens is 2. The number of nitrogens with one attached hydrogen (secondary N) is 1. The van der Waals surface area contributed by atoms with Gasteiger partial charge in [0, 0.05) is 13.0 Å². The second-order valence-electron chi connectivity index (χ2n) is 2.59. The summed E-state index contributed by atoms with van der Waals surface area (Å²) >= 11 is 0. The molecule has 4 heteroatoms. The van der Waals surface area contributed by atoms with Gasteiger partial charge in [-0.3, -0.25) is 0 Å². The second kappa shape index (κ2) is 3.38. The predicted octanol–water partition coefficient (Wildman–Crippen LogP) is 0.324. The molecule has 0 saturated carbocycles. The standard InChI is InChI=1S/C8H12N2O2/c1-4-12-8(11)7-5-6(2)10(3)9-7/h5H,4H2,1-3H3/p+1. The molecule has 0 bridgehead atoms. The molecule has 0 radical (unpaired) electrons. The molecule has 1 aromatic rings. The molecule has 0 amide bonds. The molecule has 1 rings (SSSR count). The van der Waals surface area contributed by atoms with Crippen LogP contribution >= 0.6 is 0 Å². The number of ether oxygens (including phenoxy) is 1. The number of nitrogens with zero attached hydrogens (tertiary/aromatic N) is 1. The average Bonchev–Trinajstić information content (AvgIpc) is 2.33. The summed E-state index contributed by atoms with van der Waals surface area (Å²) in [6, 6.07) is 1.76. The van der Waals surface area contributed by atoms with Gasteiger partial charge in [0.1, 0.15) is 0 Å². The van der Waals surface area contributed by atoms with Crippen molar-refractivity contribution in [3.05, 3.63) is 17.5 Å². The minimum atomic E-state index is -0.304. The second-order valence-corrected chi connectivity index (χ2v) is 2.59. The van der Waals surface area contributed by atoms with Crippen molar-refractivity contribution in [2.75, 3.05) is 6.61 Å². The van der Waals surface area contributed by atoms with Crippen LogP contribution in [-0.2, 0) is 11.8 Å². The number of aryl methyl sites for hydroxylation is 2. The fraction of sp³-hybridized carbons (Fsp3) is 0.500. The molecule has 1 heterocycles. The van der Waals surface area contributed by atoms with Crippen LogP contribution in [0.25, 0.3) is 0 Å². The van der Waals surface area contributed by atoms with E-state index in [4.69, 9.17) is 4.74 Å². The topological polar surface area (TPSA) is 46.0 Å². The monoisotopic (exact) mass is 169 g/mol. The van der Waals surface area contributed by atoms with E-state index >= 15 is 0 Å². The maximum Gasteiger partial charge on any atom is 0.360 e. The van der Waals surface area contributed by atoms with Gasteiger partial charge in [-0.05, 0) is 6.92 Å². The summed E-state index contributed by atoms with van der Waals surface area (Å²) in [7, 11) is 1.85. The van der Waals surface area contributed by atoms with Gasteiger partial charge in [0.15, 0.2) is 12.7 Å². The van der Waals surface area contributed by atoms with Crippen LogP contribution in [0.2, 0.25) is 0 Å². The Morgan fingerprint density at radius 1 is 1.75 bits per heavy atom. The Morgan fingerprint density at radius 2 is 2.42 bits per heavy atom. The van der Waals surface area contributed by atoms with Crippen LogP contribution < -0.4 is 4.68 Å². The van der Waals surface area contributed by atoms with Crippen LogP contribution in [0.3, 0.4) is 0 Å². The third-order valence-corrected chi connectivity index (χ3v) is 1.67. The zero-order valence-corrected chi connectivity index (χ0v) is 7.55. The van der Waals surface area contributed by atoms with Gasteiger partial charge in [-0.15, -0.1) is 4.68 Å². The van der Waals surface area contributed by atoms with Gasteiger partial charge in [0.25, 0.3) is 0 Å². The molecule has 0 aliphatic heterocycles. The summed E-state index contributed by atoms with van der Waals surface area (Å²) in [5.41, 5.74) is 1.50. The van der Waals surface area contributed by atoms with Crippen LogP contribution in [-0.4, -0.2) is 17.7 Å². The highest BCUT2D eigenvalue weighted by Crippen LogP contribution is 1.97. The predicted molar refractivity (Wildman–Crippen MR) is 42.7 cm³/mol. The van der Waals surface area contributed by atoms with Crippen LogP contribution in [0, 0.1) is 6.92 Å². The molecule has 0 unspecified atom stereocenters. The highest BCUT2D eigenvalue weighted by molar-refractivity contribution is 5.86. The van der Waals surface area contributed by atoms with E-state index in [1.165, 1.54) is 0 Å². The van der Waals surface area contributed by atoms with E-state index in [1.807, 2.05) is 14.0 Å². The van der Waals surface area contributed by atoms with Crippen molar-refractivity contribution in [1.29, 1.82) is 0 Å². The summed E-state index contributed by atoms with van der Waals surface area (Å²) in [4.78, 5) is 11.1. The fourth-order valence-electron chi connectivity index (χ4n) is 0.920. The molecule has 0 atom stereocenters. The first-order valence-electron chi connectivity index (χ1n) is 3.88. The molecule has 0 spiro atoms. The first-order valence-corrected chi connectivity index (χ1v) is 3.88. The molecular formula is C8H13N2O2+. The van der Waals surface area contributed by atoms with Crippen molar-refractivity contribution >= 4 is 5.97 Å². The highest BCUT2D eigenvalue weighted by Gasteiger charge is 2.14. The van der Waals surface area contributed by atoms with Crippen LogP contribution in [0.4, 0.5) is 0 Å². The van der Waals surface area contributed by atoms with E-state index < -0.39 is 0 Å². The van der Waals surface area contributed by atoms with Crippen LogP contribution in [0.15, 0.2) is 6.07 Å². The highest BCUT2D eigenvalue weighted by atomic mass is 16.5. The molecule has 0 aromatic carbocycles. The number of aromatic amines is 1. The van der Waals surface area contributed by atoms with Crippen molar-refractivity contribution in [2.45, 2.75) is 13.8 Å². The number of carbonyl (C=O) groups is 1. The SMILES string of the molecule is CCOC(=O)c1cc(C)[n+](C)[nH]1. The number of H-pyrrole nitrogens is 1. The van der Waals surface area contributed by atoms with Gasteiger partial charge < -0.3 is 4.74 Å². The van der Waals surface area contributed by atoms with E-state index in [-0.39, 0.29) is 5.97 Å². The normalized spacial score (nSPS) is 9.92. The van der Waals surface area contributed by atoms with Crippen LogP contribution in [0.1, 0.15) is 23.1 Å². The summed E-state index contributed by atoms with van der Waals surface area (Å²) in [5, 5.41) is 2.87. The Kier molecular flexibility index (Phi) is 2.47. The molecular weight excluding hydrogens is 156 g/mol. The lowest BCUT2D eigenvalue weighted by atomic mass is 10.4. The zero-order chi connectivity index (χ0) is 9.14. The Bertz CT molecular complexity index is 272. The maximum atomic E-state index is 11.1. The summed E-state index contributed by atoms with van der Waals surface area (Å²) < 4.78 is 6.58. The lowest BCUT2D eigenvalue weighted by Crippen LogP contribution is -2.33. The van der Waals surface area contributed by atoms with E-state index in [0.29, 0.717) is 12.3 Å². The van der Waals surface area contributed by atoms with Gasteiger partial charge in [-0.1, -0.05) is 0 Å². The van der Waals surface area contributed by atoms with Gasteiger partial charge in [-0.2, -0.15) is 5.10 Å². The zero-order valence-electron chi connectivity index (χ0n) is 7.55.